The Morgan fingerprint density at radius 1 is 0.903 bits per heavy atom. The molecule has 2 aromatic heterocycles. The van der Waals surface area contributed by atoms with Gasteiger partial charge in [0, 0.05) is 6.20 Å². The second-order valence-corrected chi connectivity index (χ2v) is 8.81. The molecule has 0 N–H and O–H groups in total. The zero-order chi connectivity index (χ0) is 21.8. The number of hydrogen-bond acceptors (Lipinski definition) is 4. The summed E-state index contributed by atoms with van der Waals surface area (Å²) in [6.07, 6.45) is 1.64. The van der Waals surface area contributed by atoms with E-state index in [1.807, 2.05) is 18.2 Å². The number of amides is 1. The van der Waals surface area contributed by atoms with Crippen LogP contribution in [0.1, 0.15) is 54.1 Å². The molecule has 1 amide bonds. The van der Waals surface area contributed by atoms with Crippen molar-refractivity contribution >= 4 is 22.7 Å². The van der Waals surface area contributed by atoms with Crippen LogP contribution in [0.25, 0.3) is 11.0 Å². The highest BCUT2D eigenvalue weighted by Crippen LogP contribution is 2.40. The van der Waals surface area contributed by atoms with Crippen molar-refractivity contribution in [3.05, 3.63) is 106 Å². The molecular weight excluding hydrogens is 388 g/mol. The molecule has 3 heterocycles. The van der Waals surface area contributed by atoms with Gasteiger partial charge in [-0.15, -0.1) is 0 Å². The Labute approximate surface area is 180 Å². The maximum Gasteiger partial charge on any atom is 0.296 e. The first kappa shape index (κ1) is 19.2. The predicted octanol–water partition coefficient (Wildman–Crippen LogP) is 5.24. The van der Waals surface area contributed by atoms with Gasteiger partial charge in [0.1, 0.15) is 11.4 Å². The van der Waals surface area contributed by atoms with Crippen LogP contribution in [0, 0.1) is 0 Å². The van der Waals surface area contributed by atoms with Crippen molar-refractivity contribution in [3.63, 3.8) is 0 Å². The number of carbonyl (C=O) groups excluding carboxylic acids is 1. The van der Waals surface area contributed by atoms with E-state index in [9.17, 15) is 9.59 Å². The molecule has 1 aliphatic heterocycles. The maximum atomic E-state index is 13.5. The molecule has 0 radical (unpaired) electrons. The van der Waals surface area contributed by atoms with Crippen LogP contribution in [-0.4, -0.2) is 10.9 Å². The maximum absolute atomic E-state index is 13.5. The summed E-state index contributed by atoms with van der Waals surface area (Å²) in [6, 6.07) is 19.9. The number of hydrogen-bond donors (Lipinski definition) is 0. The van der Waals surface area contributed by atoms with Crippen LogP contribution < -0.4 is 10.3 Å². The number of para-hydroxylation sites is 1. The first-order chi connectivity index (χ1) is 14.9. The lowest BCUT2D eigenvalue weighted by molar-refractivity contribution is 0.0970. The number of aromatic nitrogens is 1. The molecule has 5 nitrogen and oxygen atoms in total. The minimum absolute atomic E-state index is 0.00215. The van der Waals surface area contributed by atoms with Crippen molar-refractivity contribution in [1.29, 1.82) is 0 Å². The van der Waals surface area contributed by atoms with Gasteiger partial charge in [0.25, 0.3) is 5.91 Å². The van der Waals surface area contributed by atoms with E-state index in [4.69, 9.17) is 4.42 Å². The molecule has 0 saturated heterocycles. The van der Waals surface area contributed by atoms with Crippen LogP contribution in [0.15, 0.2) is 82.1 Å². The summed E-state index contributed by atoms with van der Waals surface area (Å²) in [5, 5.41) is 0.466. The topological polar surface area (TPSA) is 63.4 Å². The highest BCUT2D eigenvalue weighted by atomic mass is 16.3. The van der Waals surface area contributed by atoms with Crippen molar-refractivity contribution < 1.29 is 9.21 Å². The lowest BCUT2D eigenvalue weighted by Gasteiger charge is -2.25. The molecule has 31 heavy (non-hydrogen) atoms. The molecule has 0 aliphatic carbocycles. The average Bonchev–Trinajstić information content (AvgIpc) is 3.07. The Hall–Kier alpha value is -3.73. The fourth-order valence-corrected chi connectivity index (χ4v) is 4.13. The lowest BCUT2D eigenvalue weighted by Crippen LogP contribution is -2.30. The standard InChI is InChI=1S/C26H22N2O3/c1-26(2,3)17-13-11-16(12-14-17)22-21-23(29)18-8-4-5-9-19(18)31-24(21)25(30)28(22)20-10-6-7-15-27-20/h4-15,22H,1-3H3/t22-/m0/s1. The largest absolute Gasteiger partial charge is 0.450 e. The third-order valence-electron chi connectivity index (χ3n) is 5.77. The number of pyridine rings is 1. The summed E-state index contributed by atoms with van der Waals surface area (Å²) < 4.78 is 5.96. The molecule has 154 valence electrons. The van der Waals surface area contributed by atoms with Gasteiger partial charge in [0.15, 0.2) is 5.43 Å². The van der Waals surface area contributed by atoms with Crippen LogP contribution in [0.5, 0.6) is 0 Å². The molecule has 0 spiro atoms. The van der Waals surface area contributed by atoms with Gasteiger partial charge in [-0.2, -0.15) is 0 Å². The van der Waals surface area contributed by atoms with Gasteiger partial charge in [-0.05, 0) is 40.8 Å². The highest BCUT2D eigenvalue weighted by molar-refractivity contribution is 6.10. The van der Waals surface area contributed by atoms with Crippen molar-refractivity contribution in [2.24, 2.45) is 0 Å². The molecule has 2 aromatic carbocycles. The van der Waals surface area contributed by atoms with Crippen LogP contribution >= 0.6 is 0 Å². The summed E-state index contributed by atoms with van der Waals surface area (Å²) in [7, 11) is 0. The summed E-state index contributed by atoms with van der Waals surface area (Å²) in [6.45, 7) is 6.45. The predicted molar refractivity (Wildman–Crippen MR) is 121 cm³/mol. The molecular formula is C26H22N2O3. The first-order valence-corrected chi connectivity index (χ1v) is 10.3. The van der Waals surface area contributed by atoms with Crippen molar-refractivity contribution in [2.45, 2.75) is 32.2 Å². The van der Waals surface area contributed by atoms with E-state index in [-0.39, 0.29) is 22.5 Å². The molecule has 4 aromatic rings. The fourth-order valence-electron chi connectivity index (χ4n) is 4.13. The Morgan fingerprint density at radius 2 is 1.61 bits per heavy atom. The number of nitrogens with zero attached hydrogens (tertiary/aromatic N) is 2. The lowest BCUT2D eigenvalue weighted by atomic mass is 9.86. The molecule has 5 heteroatoms. The summed E-state index contributed by atoms with van der Waals surface area (Å²) >= 11 is 0. The minimum Gasteiger partial charge on any atom is -0.450 e. The molecule has 1 aliphatic rings. The van der Waals surface area contributed by atoms with E-state index in [0.717, 1.165) is 5.56 Å². The fraction of sp³-hybridized carbons (Fsp3) is 0.192. The smallest absolute Gasteiger partial charge is 0.296 e. The summed E-state index contributed by atoms with van der Waals surface area (Å²) in [4.78, 5) is 32.9. The normalized spacial score (nSPS) is 16.0. The van der Waals surface area contributed by atoms with Gasteiger partial charge in [0.05, 0.1) is 17.0 Å². The van der Waals surface area contributed by atoms with Gasteiger partial charge in [0.2, 0.25) is 5.76 Å². The van der Waals surface area contributed by atoms with Gasteiger partial charge in [-0.3, -0.25) is 14.5 Å². The van der Waals surface area contributed by atoms with Gasteiger partial charge in [-0.25, -0.2) is 4.98 Å². The molecule has 0 unspecified atom stereocenters. The molecule has 5 rings (SSSR count). The Balaban J connectivity index is 1.77. The quantitative estimate of drug-likeness (QED) is 0.454. The highest BCUT2D eigenvalue weighted by Gasteiger charge is 2.44. The molecule has 0 bridgehead atoms. The monoisotopic (exact) mass is 410 g/mol. The van der Waals surface area contributed by atoms with Crippen molar-refractivity contribution in [2.75, 3.05) is 4.90 Å². The number of anilines is 1. The van der Waals surface area contributed by atoms with E-state index < -0.39 is 6.04 Å². The molecule has 1 atom stereocenters. The average molecular weight is 410 g/mol. The van der Waals surface area contributed by atoms with Gasteiger partial charge in [-0.1, -0.05) is 63.2 Å². The Kier molecular flexibility index (Phi) is 4.29. The number of benzene rings is 2. The Morgan fingerprint density at radius 3 is 2.29 bits per heavy atom. The van der Waals surface area contributed by atoms with E-state index in [1.165, 1.54) is 5.56 Å². The van der Waals surface area contributed by atoms with Crippen LogP contribution in [0.4, 0.5) is 5.82 Å². The van der Waals surface area contributed by atoms with E-state index in [2.05, 4.69) is 37.9 Å². The second-order valence-electron chi connectivity index (χ2n) is 8.81. The van der Waals surface area contributed by atoms with Crippen LogP contribution in [-0.2, 0) is 5.41 Å². The minimum atomic E-state index is -0.604. The zero-order valence-corrected chi connectivity index (χ0v) is 17.6. The summed E-state index contributed by atoms with van der Waals surface area (Å²) in [5.74, 6) is 0.202. The van der Waals surface area contributed by atoms with Crippen LogP contribution in [0.2, 0.25) is 0 Å². The van der Waals surface area contributed by atoms with Crippen molar-refractivity contribution in [3.8, 4) is 0 Å². The van der Waals surface area contributed by atoms with Crippen molar-refractivity contribution in [1.82, 2.24) is 4.98 Å². The third-order valence-corrected chi connectivity index (χ3v) is 5.77. The van der Waals surface area contributed by atoms with E-state index in [1.54, 1.807) is 47.5 Å². The van der Waals surface area contributed by atoms with E-state index >= 15 is 0 Å². The first-order valence-electron chi connectivity index (χ1n) is 10.3. The number of carbonyl (C=O) groups is 1. The third kappa shape index (κ3) is 3.05. The summed E-state index contributed by atoms with van der Waals surface area (Å²) in [5.41, 5.74) is 2.59. The second kappa shape index (κ2) is 6.91. The van der Waals surface area contributed by atoms with Gasteiger partial charge < -0.3 is 4.42 Å². The van der Waals surface area contributed by atoms with Gasteiger partial charge >= 0.3 is 0 Å². The molecule has 0 saturated carbocycles. The van der Waals surface area contributed by atoms with E-state index in [0.29, 0.717) is 22.4 Å². The SMILES string of the molecule is CC(C)(C)c1ccc([C@H]2c3c(oc4ccccc4c3=O)C(=O)N2c2ccccn2)cc1. The Bertz CT molecular complexity index is 1350. The number of fused-ring (bicyclic) bond motifs is 2. The molecule has 0 fully saturated rings. The zero-order valence-electron chi connectivity index (χ0n) is 17.6. The van der Waals surface area contributed by atoms with Crippen LogP contribution in [0.3, 0.4) is 0 Å². The number of rotatable bonds is 2.